The average molecular weight is 437 g/mol. The quantitative estimate of drug-likeness (QED) is 0.592. The number of benzene rings is 2. The van der Waals surface area contributed by atoms with Crippen LogP contribution < -0.4 is 10.6 Å². The molecular weight excluding hydrogens is 416 g/mol. The van der Waals surface area contributed by atoms with Crippen molar-refractivity contribution in [3.63, 3.8) is 0 Å². The second-order valence-electron chi connectivity index (χ2n) is 7.39. The van der Waals surface area contributed by atoms with Gasteiger partial charge in [-0.05, 0) is 55.8 Å². The van der Waals surface area contributed by atoms with Crippen LogP contribution in [-0.4, -0.2) is 33.9 Å². The summed E-state index contributed by atoms with van der Waals surface area (Å²) in [4.78, 5) is 37.7. The zero-order valence-electron chi connectivity index (χ0n) is 17.1. The number of hydrogen-bond acceptors (Lipinski definition) is 3. The molecule has 31 heavy (non-hydrogen) atoms. The normalized spacial score (nSPS) is 13.5. The van der Waals surface area contributed by atoms with Crippen molar-refractivity contribution in [2.45, 2.75) is 20.4 Å². The summed E-state index contributed by atoms with van der Waals surface area (Å²) < 4.78 is 1.98. The van der Waals surface area contributed by atoms with Crippen molar-refractivity contribution in [2.24, 2.45) is 0 Å². The average Bonchev–Trinajstić information content (AvgIpc) is 3.21. The van der Waals surface area contributed by atoms with Gasteiger partial charge >= 0.3 is 6.03 Å². The summed E-state index contributed by atoms with van der Waals surface area (Å²) in [5.41, 5.74) is 4.48. The lowest BCUT2D eigenvalue weighted by atomic mass is 10.1. The van der Waals surface area contributed by atoms with E-state index in [1.807, 2.05) is 42.7 Å². The Morgan fingerprint density at radius 3 is 2.58 bits per heavy atom. The van der Waals surface area contributed by atoms with Gasteiger partial charge in [0, 0.05) is 27.8 Å². The van der Waals surface area contributed by atoms with Crippen LogP contribution in [-0.2, 0) is 11.3 Å². The van der Waals surface area contributed by atoms with Gasteiger partial charge in [0.15, 0.2) is 0 Å². The van der Waals surface area contributed by atoms with Crippen LogP contribution in [0, 0.1) is 13.8 Å². The van der Waals surface area contributed by atoms with E-state index in [1.54, 1.807) is 30.3 Å². The van der Waals surface area contributed by atoms with Gasteiger partial charge in [-0.15, -0.1) is 0 Å². The minimum atomic E-state index is -0.409. The molecule has 0 bridgehead atoms. The van der Waals surface area contributed by atoms with Gasteiger partial charge in [-0.1, -0.05) is 29.8 Å². The fourth-order valence-corrected chi connectivity index (χ4v) is 3.93. The summed E-state index contributed by atoms with van der Waals surface area (Å²) in [6.45, 7) is 3.98. The van der Waals surface area contributed by atoms with E-state index in [0.29, 0.717) is 16.3 Å². The lowest BCUT2D eigenvalue weighted by Gasteiger charge is -2.13. The number of urea groups is 1. The Labute approximate surface area is 184 Å². The van der Waals surface area contributed by atoms with Gasteiger partial charge in [-0.25, -0.2) is 4.79 Å². The van der Waals surface area contributed by atoms with Crippen LogP contribution in [0.25, 0.3) is 5.69 Å². The predicted molar refractivity (Wildman–Crippen MR) is 119 cm³/mol. The first-order chi connectivity index (χ1) is 14.8. The second-order valence-corrected chi connectivity index (χ2v) is 7.83. The highest BCUT2D eigenvalue weighted by molar-refractivity contribution is 6.30. The Morgan fingerprint density at radius 2 is 1.87 bits per heavy atom. The third-order valence-corrected chi connectivity index (χ3v) is 5.44. The van der Waals surface area contributed by atoms with E-state index in [0.717, 1.165) is 27.5 Å². The fraction of sp³-hybridized carbons (Fsp3) is 0.174. The maximum Gasteiger partial charge on any atom is 0.324 e. The maximum atomic E-state index is 13.0. The first-order valence-electron chi connectivity index (χ1n) is 9.77. The number of hydrogen-bond donors (Lipinski definition) is 2. The summed E-state index contributed by atoms with van der Waals surface area (Å²) >= 11 is 6.13. The molecule has 0 saturated carbocycles. The van der Waals surface area contributed by atoms with Crippen molar-refractivity contribution >= 4 is 35.1 Å². The highest BCUT2D eigenvalue weighted by atomic mass is 35.5. The van der Waals surface area contributed by atoms with Crippen LogP contribution in [0.4, 0.5) is 10.5 Å². The molecule has 1 aliphatic heterocycles. The molecule has 0 unspecified atom stereocenters. The molecule has 4 amide bonds. The third-order valence-electron chi connectivity index (χ3n) is 5.20. The number of carbonyl (C=O) groups is 3. The molecule has 7 nitrogen and oxygen atoms in total. The topological polar surface area (TPSA) is 83.4 Å². The monoisotopic (exact) mass is 436 g/mol. The summed E-state index contributed by atoms with van der Waals surface area (Å²) in [6.07, 6.45) is 0. The standard InChI is InChI=1S/C23H21ClN4O3/c1-14-9-20(15(2)28(14)19-8-4-6-17(24)11-19)22(30)26-18-7-3-5-16(10-18)13-27-21(29)12-25-23(27)31/h3-11H,12-13H2,1-2H3,(H,25,31)(H,26,30). The smallest absolute Gasteiger partial charge is 0.324 e. The van der Waals surface area contributed by atoms with Crippen molar-refractivity contribution < 1.29 is 14.4 Å². The van der Waals surface area contributed by atoms with Gasteiger partial charge in [0.05, 0.1) is 18.7 Å². The fourth-order valence-electron chi connectivity index (χ4n) is 3.75. The van der Waals surface area contributed by atoms with Gasteiger partial charge in [-0.3, -0.25) is 14.5 Å². The Hall–Kier alpha value is -3.58. The van der Waals surface area contributed by atoms with E-state index >= 15 is 0 Å². The van der Waals surface area contributed by atoms with E-state index in [1.165, 1.54) is 0 Å². The number of imide groups is 1. The molecule has 0 spiro atoms. The van der Waals surface area contributed by atoms with Crippen LogP contribution in [0.1, 0.15) is 27.3 Å². The number of nitrogens with zero attached hydrogens (tertiary/aromatic N) is 2. The molecule has 8 heteroatoms. The second kappa shape index (κ2) is 8.28. The highest BCUT2D eigenvalue weighted by Crippen LogP contribution is 2.24. The Kier molecular flexibility index (Phi) is 5.52. The predicted octanol–water partition coefficient (Wildman–Crippen LogP) is 4.05. The third kappa shape index (κ3) is 4.18. The Bertz CT molecular complexity index is 1190. The molecule has 2 heterocycles. The molecule has 2 aromatic carbocycles. The molecule has 0 aliphatic carbocycles. The first-order valence-corrected chi connectivity index (χ1v) is 10.1. The molecule has 1 aliphatic rings. The molecule has 2 N–H and O–H groups in total. The maximum absolute atomic E-state index is 13.0. The zero-order chi connectivity index (χ0) is 22.1. The van der Waals surface area contributed by atoms with Crippen LogP contribution in [0.5, 0.6) is 0 Å². The Morgan fingerprint density at radius 1 is 1.10 bits per heavy atom. The largest absolute Gasteiger partial charge is 0.329 e. The number of aryl methyl sites for hydroxylation is 1. The number of anilines is 1. The van der Waals surface area contributed by atoms with E-state index in [2.05, 4.69) is 10.6 Å². The van der Waals surface area contributed by atoms with Crippen molar-refractivity contribution in [3.05, 3.63) is 82.1 Å². The first kappa shape index (κ1) is 20.7. The van der Waals surface area contributed by atoms with Gasteiger partial charge in [-0.2, -0.15) is 0 Å². The molecular formula is C23H21ClN4O3. The van der Waals surface area contributed by atoms with Gasteiger partial charge in [0.2, 0.25) is 5.91 Å². The number of halogens is 1. The number of aromatic nitrogens is 1. The molecule has 0 atom stereocenters. The minimum absolute atomic E-state index is 0.0114. The number of amides is 4. The summed E-state index contributed by atoms with van der Waals surface area (Å²) in [5, 5.41) is 6.03. The molecule has 1 aromatic heterocycles. The van der Waals surface area contributed by atoms with Crippen LogP contribution in [0.15, 0.2) is 54.6 Å². The Balaban J connectivity index is 1.55. The molecule has 4 rings (SSSR count). The number of nitrogens with one attached hydrogen (secondary N) is 2. The SMILES string of the molecule is Cc1cc(C(=O)Nc2cccc(CN3C(=O)CNC3=O)c2)c(C)n1-c1cccc(Cl)c1. The van der Waals surface area contributed by atoms with Crippen molar-refractivity contribution in [2.75, 3.05) is 11.9 Å². The van der Waals surface area contributed by atoms with E-state index in [9.17, 15) is 14.4 Å². The highest BCUT2D eigenvalue weighted by Gasteiger charge is 2.28. The number of rotatable bonds is 5. The lowest BCUT2D eigenvalue weighted by molar-refractivity contribution is -0.125. The van der Waals surface area contributed by atoms with Crippen molar-refractivity contribution in [1.82, 2.24) is 14.8 Å². The molecule has 3 aromatic rings. The minimum Gasteiger partial charge on any atom is -0.329 e. The van der Waals surface area contributed by atoms with Gasteiger partial charge in [0.25, 0.3) is 5.91 Å². The van der Waals surface area contributed by atoms with E-state index < -0.39 is 6.03 Å². The van der Waals surface area contributed by atoms with Crippen LogP contribution in [0.2, 0.25) is 5.02 Å². The number of carbonyl (C=O) groups excluding carboxylic acids is 3. The molecule has 158 valence electrons. The molecule has 1 fully saturated rings. The van der Waals surface area contributed by atoms with Crippen LogP contribution >= 0.6 is 11.6 Å². The summed E-state index contributed by atoms with van der Waals surface area (Å²) in [7, 11) is 0. The summed E-state index contributed by atoms with van der Waals surface area (Å²) in [6, 6.07) is 16.0. The van der Waals surface area contributed by atoms with Crippen LogP contribution in [0.3, 0.4) is 0 Å². The van der Waals surface area contributed by atoms with Crippen molar-refractivity contribution in [1.29, 1.82) is 0 Å². The zero-order valence-corrected chi connectivity index (χ0v) is 17.9. The van der Waals surface area contributed by atoms with Crippen molar-refractivity contribution in [3.8, 4) is 5.69 Å². The molecule has 0 radical (unpaired) electrons. The lowest BCUT2D eigenvalue weighted by Crippen LogP contribution is -2.30. The van der Waals surface area contributed by atoms with Gasteiger partial charge in [0.1, 0.15) is 0 Å². The van der Waals surface area contributed by atoms with Gasteiger partial charge < -0.3 is 15.2 Å². The molecule has 1 saturated heterocycles. The van der Waals surface area contributed by atoms with E-state index in [-0.39, 0.29) is 24.9 Å². The summed E-state index contributed by atoms with van der Waals surface area (Å²) in [5.74, 6) is -0.513. The van der Waals surface area contributed by atoms with E-state index in [4.69, 9.17) is 11.6 Å².